The van der Waals surface area contributed by atoms with Crippen molar-refractivity contribution in [1.29, 1.82) is 0 Å². The summed E-state index contributed by atoms with van der Waals surface area (Å²) in [6, 6.07) is 0. The normalized spacial score (nSPS) is 15.4. The maximum Gasteiger partial charge on any atom is 0.224 e. The van der Waals surface area contributed by atoms with Gasteiger partial charge in [0.05, 0.1) is 5.92 Å². The van der Waals surface area contributed by atoms with Gasteiger partial charge in [0.15, 0.2) is 0 Å². The van der Waals surface area contributed by atoms with Gasteiger partial charge in [0.1, 0.15) is 0 Å². The molecule has 0 aromatic carbocycles. The Morgan fingerprint density at radius 3 is 2.41 bits per heavy atom. The first-order valence-electron chi connectivity index (χ1n) is 6.38. The van der Waals surface area contributed by atoms with Gasteiger partial charge in [-0.3, -0.25) is 4.79 Å². The summed E-state index contributed by atoms with van der Waals surface area (Å²) in [4.78, 5) is 11.9. The van der Waals surface area contributed by atoms with Gasteiger partial charge in [0.2, 0.25) is 5.91 Å². The van der Waals surface area contributed by atoms with E-state index in [0.29, 0.717) is 25.4 Å². The van der Waals surface area contributed by atoms with Crippen molar-refractivity contribution in [2.45, 2.75) is 40.5 Å². The Morgan fingerprint density at radius 1 is 1.41 bits per heavy atom. The number of carbonyl (C=O) groups excluding carboxylic acids is 1. The lowest BCUT2D eigenvalue weighted by atomic mass is 9.84. The van der Waals surface area contributed by atoms with Gasteiger partial charge >= 0.3 is 0 Å². The number of nitrogens with two attached hydrogens (primary N) is 1. The van der Waals surface area contributed by atoms with E-state index in [1.54, 1.807) is 0 Å². The molecule has 102 valence electrons. The molecule has 0 saturated heterocycles. The highest BCUT2D eigenvalue weighted by Gasteiger charge is 2.23. The molecule has 0 rings (SSSR count). The fourth-order valence-corrected chi connectivity index (χ4v) is 1.76. The molecule has 4 N–H and O–H groups in total. The van der Waals surface area contributed by atoms with Crippen LogP contribution in [0.15, 0.2) is 0 Å². The Balaban J connectivity index is 4.09. The van der Waals surface area contributed by atoms with Crippen molar-refractivity contribution >= 4 is 5.91 Å². The second-order valence-electron chi connectivity index (χ2n) is 6.06. The third kappa shape index (κ3) is 8.16. The summed E-state index contributed by atoms with van der Waals surface area (Å²) in [7, 11) is 0. The second kappa shape index (κ2) is 7.67. The van der Waals surface area contributed by atoms with Gasteiger partial charge in [-0.25, -0.2) is 0 Å². The molecule has 1 amide bonds. The third-order valence-corrected chi connectivity index (χ3v) is 2.76. The van der Waals surface area contributed by atoms with Crippen LogP contribution < -0.4 is 11.1 Å². The van der Waals surface area contributed by atoms with Gasteiger partial charge in [-0.1, -0.05) is 27.7 Å². The molecular weight excluding hydrogens is 216 g/mol. The number of amides is 1. The third-order valence-electron chi connectivity index (χ3n) is 2.76. The van der Waals surface area contributed by atoms with Crippen LogP contribution in [0.1, 0.15) is 40.5 Å². The molecule has 17 heavy (non-hydrogen) atoms. The molecule has 4 heteroatoms. The van der Waals surface area contributed by atoms with Crippen molar-refractivity contribution < 1.29 is 9.90 Å². The number of aliphatic hydroxyl groups excluding tert-OH is 1. The summed E-state index contributed by atoms with van der Waals surface area (Å²) in [5.41, 5.74) is 5.75. The summed E-state index contributed by atoms with van der Waals surface area (Å²) >= 11 is 0. The van der Waals surface area contributed by atoms with Gasteiger partial charge in [0, 0.05) is 19.7 Å². The molecule has 0 aliphatic carbocycles. The Bertz CT molecular complexity index is 224. The molecule has 0 spiro atoms. The molecule has 0 aromatic rings. The quantitative estimate of drug-likeness (QED) is 0.628. The van der Waals surface area contributed by atoms with E-state index in [1.807, 2.05) is 6.92 Å². The zero-order valence-corrected chi connectivity index (χ0v) is 11.6. The standard InChI is InChI=1S/C13H28N2O2/c1-10(5-6-16)9-15-12(17)11(8-14)7-13(2,3)4/h10-11,16H,5-9,14H2,1-4H3,(H,15,17). The molecule has 0 saturated carbocycles. The minimum absolute atomic E-state index is 0.0345. The molecule has 4 nitrogen and oxygen atoms in total. The van der Waals surface area contributed by atoms with E-state index in [1.165, 1.54) is 0 Å². The lowest BCUT2D eigenvalue weighted by Crippen LogP contribution is -2.39. The zero-order chi connectivity index (χ0) is 13.5. The monoisotopic (exact) mass is 244 g/mol. The predicted molar refractivity (Wildman–Crippen MR) is 70.5 cm³/mol. The van der Waals surface area contributed by atoms with E-state index in [4.69, 9.17) is 10.8 Å². The van der Waals surface area contributed by atoms with E-state index in [9.17, 15) is 4.79 Å². The molecule has 0 aliphatic rings. The van der Waals surface area contributed by atoms with E-state index < -0.39 is 0 Å². The number of hydrogen-bond donors (Lipinski definition) is 3. The molecule has 2 unspecified atom stereocenters. The molecule has 0 bridgehead atoms. The number of nitrogens with one attached hydrogen (secondary N) is 1. The lowest BCUT2D eigenvalue weighted by molar-refractivity contribution is -0.125. The van der Waals surface area contributed by atoms with Gasteiger partial charge in [-0.05, 0) is 24.2 Å². The molecule has 0 radical (unpaired) electrons. The Hall–Kier alpha value is -0.610. The molecule has 0 heterocycles. The average molecular weight is 244 g/mol. The smallest absolute Gasteiger partial charge is 0.224 e. The first-order chi connectivity index (χ1) is 7.80. The minimum atomic E-state index is -0.115. The SMILES string of the molecule is CC(CCO)CNC(=O)C(CN)CC(C)(C)C. The fraction of sp³-hybridized carbons (Fsp3) is 0.923. The van der Waals surface area contributed by atoms with Crippen LogP contribution in [0, 0.1) is 17.3 Å². The second-order valence-corrected chi connectivity index (χ2v) is 6.06. The van der Waals surface area contributed by atoms with Crippen LogP contribution in [0.3, 0.4) is 0 Å². The van der Waals surface area contributed by atoms with Crippen LogP contribution in [-0.2, 0) is 4.79 Å². The van der Waals surface area contributed by atoms with Crippen LogP contribution in [-0.4, -0.2) is 30.7 Å². The number of hydrogen-bond acceptors (Lipinski definition) is 3. The van der Waals surface area contributed by atoms with Gasteiger partial charge < -0.3 is 16.2 Å². The Morgan fingerprint density at radius 2 is 2.00 bits per heavy atom. The first kappa shape index (κ1) is 16.4. The van der Waals surface area contributed by atoms with Crippen LogP contribution in [0.2, 0.25) is 0 Å². The van der Waals surface area contributed by atoms with Crippen molar-refractivity contribution in [2.75, 3.05) is 19.7 Å². The van der Waals surface area contributed by atoms with E-state index in [0.717, 1.165) is 6.42 Å². The van der Waals surface area contributed by atoms with Gasteiger partial charge in [-0.15, -0.1) is 0 Å². The van der Waals surface area contributed by atoms with Crippen LogP contribution in [0.4, 0.5) is 0 Å². The highest BCUT2D eigenvalue weighted by Crippen LogP contribution is 2.23. The van der Waals surface area contributed by atoms with Crippen LogP contribution >= 0.6 is 0 Å². The average Bonchev–Trinajstić information content (AvgIpc) is 2.21. The van der Waals surface area contributed by atoms with E-state index in [2.05, 4.69) is 26.1 Å². The van der Waals surface area contributed by atoms with Crippen molar-refractivity contribution in [3.8, 4) is 0 Å². The first-order valence-corrected chi connectivity index (χ1v) is 6.38. The summed E-state index contributed by atoms with van der Waals surface area (Å²) in [6.07, 6.45) is 1.51. The molecule has 0 fully saturated rings. The largest absolute Gasteiger partial charge is 0.396 e. The van der Waals surface area contributed by atoms with Crippen molar-refractivity contribution in [3.63, 3.8) is 0 Å². The van der Waals surface area contributed by atoms with Crippen LogP contribution in [0.25, 0.3) is 0 Å². The predicted octanol–water partition coefficient (Wildman–Crippen LogP) is 1.13. The highest BCUT2D eigenvalue weighted by atomic mass is 16.3. The Kier molecular flexibility index (Phi) is 7.39. The zero-order valence-electron chi connectivity index (χ0n) is 11.6. The Labute approximate surface area is 105 Å². The van der Waals surface area contributed by atoms with Crippen molar-refractivity contribution in [2.24, 2.45) is 23.0 Å². The maximum atomic E-state index is 11.9. The summed E-state index contributed by atoms with van der Waals surface area (Å²) in [5, 5.41) is 11.7. The van der Waals surface area contributed by atoms with Crippen molar-refractivity contribution in [1.82, 2.24) is 5.32 Å². The van der Waals surface area contributed by atoms with Crippen molar-refractivity contribution in [3.05, 3.63) is 0 Å². The number of aliphatic hydroxyl groups is 1. The van der Waals surface area contributed by atoms with E-state index >= 15 is 0 Å². The molecule has 2 atom stereocenters. The molecule has 0 aliphatic heterocycles. The summed E-state index contributed by atoms with van der Waals surface area (Å²) < 4.78 is 0. The summed E-state index contributed by atoms with van der Waals surface area (Å²) in [5.74, 6) is 0.223. The lowest BCUT2D eigenvalue weighted by Gasteiger charge is -2.24. The number of carbonyl (C=O) groups is 1. The molecular formula is C13H28N2O2. The van der Waals surface area contributed by atoms with Gasteiger partial charge in [0.25, 0.3) is 0 Å². The highest BCUT2D eigenvalue weighted by molar-refractivity contribution is 5.78. The van der Waals surface area contributed by atoms with E-state index in [-0.39, 0.29) is 23.8 Å². The fourth-order valence-electron chi connectivity index (χ4n) is 1.76. The summed E-state index contributed by atoms with van der Waals surface area (Å²) in [6.45, 7) is 9.50. The van der Waals surface area contributed by atoms with Gasteiger partial charge in [-0.2, -0.15) is 0 Å². The maximum absolute atomic E-state index is 11.9. The minimum Gasteiger partial charge on any atom is -0.396 e. The molecule has 0 aromatic heterocycles. The van der Waals surface area contributed by atoms with Crippen LogP contribution in [0.5, 0.6) is 0 Å². The number of rotatable bonds is 7. The topological polar surface area (TPSA) is 75.3 Å².